The van der Waals surface area contributed by atoms with Crippen LogP contribution in [0.15, 0.2) is 59.2 Å². The van der Waals surface area contributed by atoms with E-state index in [9.17, 15) is 27.6 Å². The van der Waals surface area contributed by atoms with Gasteiger partial charge in [-0.2, -0.15) is 18.3 Å². The summed E-state index contributed by atoms with van der Waals surface area (Å²) in [6, 6.07) is 4.59. The van der Waals surface area contributed by atoms with E-state index in [0.29, 0.717) is 12.1 Å². The number of aromatic nitrogens is 2. The molecular weight excluding hydrogens is 515 g/mol. The number of rotatable bonds is 7. The van der Waals surface area contributed by atoms with Gasteiger partial charge in [0.25, 0.3) is 11.5 Å². The summed E-state index contributed by atoms with van der Waals surface area (Å²) in [7, 11) is 0. The summed E-state index contributed by atoms with van der Waals surface area (Å²) in [5.74, 6) is -1.18. The predicted molar refractivity (Wildman–Crippen MR) is 129 cm³/mol. The first-order chi connectivity index (χ1) is 17.6. The van der Waals surface area contributed by atoms with Crippen molar-refractivity contribution in [3.8, 4) is 0 Å². The normalized spacial score (nSPS) is 21.3. The minimum Gasteiger partial charge on any atom is -0.378 e. The van der Waals surface area contributed by atoms with Crippen LogP contribution in [0.4, 0.5) is 18.9 Å². The van der Waals surface area contributed by atoms with Crippen LogP contribution in [0.5, 0.6) is 0 Å². The number of ether oxygens (including phenoxy) is 1. The molecule has 1 fully saturated rings. The van der Waals surface area contributed by atoms with E-state index < -0.39 is 34.7 Å². The Bertz CT molecular complexity index is 1300. The molecule has 4 rings (SSSR count). The molecule has 2 aromatic rings. The number of H-pyrrole nitrogens is 1. The largest absolute Gasteiger partial charge is 0.418 e. The minimum absolute atomic E-state index is 0.0116. The van der Waals surface area contributed by atoms with Crippen molar-refractivity contribution < 1.29 is 27.5 Å². The van der Waals surface area contributed by atoms with E-state index in [2.05, 4.69) is 26.1 Å². The Balaban J connectivity index is 1.35. The van der Waals surface area contributed by atoms with Gasteiger partial charge in [0.05, 0.1) is 29.6 Å². The fourth-order valence-electron chi connectivity index (χ4n) is 4.01. The number of aromatic amines is 1. The fourth-order valence-corrected chi connectivity index (χ4v) is 4.18. The van der Waals surface area contributed by atoms with Gasteiger partial charge in [-0.05, 0) is 36.6 Å². The average Bonchev–Trinajstić information content (AvgIpc) is 3.33. The van der Waals surface area contributed by atoms with Crippen molar-refractivity contribution in [1.82, 2.24) is 20.8 Å². The molecule has 0 spiro atoms. The topological polar surface area (TPSA) is 125 Å². The van der Waals surface area contributed by atoms with Crippen molar-refractivity contribution in [2.45, 2.75) is 24.6 Å². The lowest BCUT2D eigenvalue weighted by Gasteiger charge is -2.28. The van der Waals surface area contributed by atoms with E-state index in [-0.39, 0.29) is 48.4 Å². The van der Waals surface area contributed by atoms with Crippen LogP contribution in [-0.2, 0) is 15.7 Å². The molecule has 9 nitrogen and oxygen atoms in total. The van der Waals surface area contributed by atoms with Gasteiger partial charge >= 0.3 is 6.18 Å². The smallest absolute Gasteiger partial charge is 0.378 e. The number of anilines is 1. The molecule has 2 atom stereocenters. The SMILES string of the molecule is O=C(N[C@@]1(C(=O)NCC2C=CC(Nc3ccc(Cl)cc3C(F)(F)F)=CC2)CCOC1)c1cn[nH]c(=O)c1. The van der Waals surface area contributed by atoms with E-state index in [4.69, 9.17) is 16.3 Å². The van der Waals surface area contributed by atoms with Crippen LogP contribution < -0.4 is 21.5 Å². The van der Waals surface area contributed by atoms with Crippen LogP contribution in [0, 0.1) is 5.92 Å². The Morgan fingerprint density at radius 3 is 2.73 bits per heavy atom. The van der Waals surface area contributed by atoms with Gasteiger partial charge in [-0.3, -0.25) is 14.4 Å². The van der Waals surface area contributed by atoms with Crippen LogP contribution in [0.25, 0.3) is 0 Å². The van der Waals surface area contributed by atoms with Gasteiger partial charge in [-0.15, -0.1) is 0 Å². The maximum absolute atomic E-state index is 13.3. The minimum atomic E-state index is -4.57. The van der Waals surface area contributed by atoms with Gasteiger partial charge in [-0.1, -0.05) is 23.8 Å². The molecule has 1 aromatic heterocycles. The summed E-state index contributed by atoms with van der Waals surface area (Å²) < 4.78 is 45.4. The second-order valence-electron chi connectivity index (χ2n) is 8.71. The summed E-state index contributed by atoms with van der Waals surface area (Å²) in [5.41, 5.74) is -2.35. The van der Waals surface area contributed by atoms with Gasteiger partial charge in [0.1, 0.15) is 5.54 Å². The lowest BCUT2D eigenvalue weighted by Crippen LogP contribution is -2.60. The van der Waals surface area contributed by atoms with Crippen molar-refractivity contribution >= 4 is 29.1 Å². The number of hydrogen-bond donors (Lipinski definition) is 4. The fraction of sp³-hybridized carbons (Fsp3) is 0.333. The zero-order chi connectivity index (χ0) is 26.6. The molecule has 1 aliphatic heterocycles. The van der Waals surface area contributed by atoms with Gasteiger partial charge in [0, 0.05) is 36.4 Å². The molecule has 1 aliphatic carbocycles. The number of carbonyl (C=O) groups is 2. The monoisotopic (exact) mass is 537 g/mol. The van der Waals surface area contributed by atoms with Crippen molar-refractivity contribution in [2.75, 3.05) is 25.1 Å². The Kier molecular flexibility index (Phi) is 7.69. The molecule has 2 amide bonds. The molecule has 1 aromatic carbocycles. The predicted octanol–water partition coefficient (Wildman–Crippen LogP) is 3.02. The van der Waals surface area contributed by atoms with Gasteiger partial charge in [0.15, 0.2) is 0 Å². The molecule has 37 heavy (non-hydrogen) atoms. The molecule has 0 saturated carbocycles. The highest BCUT2D eigenvalue weighted by molar-refractivity contribution is 6.30. The Morgan fingerprint density at radius 2 is 2.08 bits per heavy atom. The molecular formula is C24H23ClF3N5O4. The standard InChI is InChI=1S/C24H23ClF3N5O4/c25-16-3-6-19(18(10-16)24(26,27)28)31-17-4-1-14(2-5-17)11-29-22(36)23(7-8-37-13-23)32-21(35)15-9-20(34)33-30-12-15/h1,3-6,9-10,12,14,31H,2,7-8,11,13H2,(H,29,36)(H,32,35)(H,33,34)/t14?,23-/m0/s1. The van der Waals surface area contributed by atoms with Crippen molar-refractivity contribution in [2.24, 2.45) is 5.92 Å². The highest BCUT2D eigenvalue weighted by atomic mass is 35.5. The number of hydrogen-bond acceptors (Lipinski definition) is 6. The van der Waals surface area contributed by atoms with E-state index in [0.717, 1.165) is 12.1 Å². The molecule has 2 heterocycles. The molecule has 1 saturated heterocycles. The van der Waals surface area contributed by atoms with Gasteiger partial charge < -0.3 is 20.7 Å². The molecule has 0 radical (unpaired) electrons. The third-order valence-corrected chi connectivity index (χ3v) is 6.25. The van der Waals surface area contributed by atoms with Gasteiger partial charge in [-0.25, -0.2) is 5.10 Å². The molecule has 4 N–H and O–H groups in total. The van der Waals surface area contributed by atoms with Crippen molar-refractivity contribution in [1.29, 1.82) is 0 Å². The second-order valence-corrected chi connectivity index (χ2v) is 9.15. The van der Waals surface area contributed by atoms with Crippen molar-refractivity contribution in [3.05, 3.63) is 80.9 Å². The first-order valence-corrected chi connectivity index (χ1v) is 11.7. The Hall–Kier alpha value is -3.64. The summed E-state index contributed by atoms with van der Waals surface area (Å²) in [5, 5.41) is 14.0. The molecule has 0 bridgehead atoms. The Morgan fingerprint density at radius 1 is 1.27 bits per heavy atom. The average molecular weight is 538 g/mol. The van der Waals surface area contributed by atoms with E-state index >= 15 is 0 Å². The van der Waals surface area contributed by atoms with Crippen LogP contribution >= 0.6 is 11.6 Å². The molecule has 196 valence electrons. The summed E-state index contributed by atoms with van der Waals surface area (Å²) >= 11 is 5.73. The zero-order valence-electron chi connectivity index (χ0n) is 19.3. The number of halogens is 4. The second kappa shape index (κ2) is 10.8. The molecule has 1 unspecified atom stereocenters. The van der Waals surface area contributed by atoms with E-state index in [1.54, 1.807) is 18.2 Å². The number of alkyl halides is 3. The molecule has 2 aliphatic rings. The lowest BCUT2D eigenvalue weighted by molar-refractivity contribution is -0.137. The summed E-state index contributed by atoms with van der Waals surface area (Å²) in [6.45, 7) is 0.476. The molecule has 13 heteroatoms. The Labute approximate surface area is 214 Å². The number of carbonyl (C=O) groups excluding carboxylic acids is 2. The maximum atomic E-state index is 13.3. The van der Waals surface area contributed by atoms with Crippen LogP contribution in [0.1, 0.15) is 28.8 Å². The lowest BCUT2D eigenvalue weighted by atomic mass is 9.95. The highest BCUT2D eigenvalue weighted by Crippen LogP contribution is 2.37. The number of amides is 2. The van der Waals surface area contributed by atoms with Crippen LogP contribution in [0.3, 0.4) is 0 Å². The van der Waals surface area contributed by atoms with Crippen molar-refractivity contribution in [3.63, 3.8) is 0 Å². The highest BCUT2D eigenvalue weighted by Gasteiger charge is 2.44. The number of nitrogens with one attached hydrogen (secondary N) is 4. The van der Waals surface area contributed by atoms with E-state index in [1.807, 2.05) is 0 Å². The number of allylic oxidation sites excluding steroid dienone is 2. The van der Waals surface area contributed by atoms with E-state index in [1.165, 1.54) is 18.3 Å². The first kappa shape index (κ1) is 26.4. The third-order valence-electron chi connectivity index (χ3n) is 6.02. The van der Waals surface area contributed by atoms with Crippen LogP contribution in [0.2, 0.25) is 5.02 Å². The summed E-state index contributed by atoms with van der Waals surface area (Å²) in [6.07, 6.45) is 2.49. The van der Waals surface area contributed by atoms with Crippen LogP contribution in [-0.4, -0.2) is 47.3 Å². The quantitative estimate of drug-likeness (QED) is 0.430. The number of benzene rings is 1. The van der Waals surface area contributed by atoms with Gasteiger partial charge in [0.2, 0.25) is 5.91 Å². The third kappa shape index (κ3) is 6.38. The zero-order valence-corrected chi connectivity index (χ0v) is 20.1. The number of nitrogens with zero attached hydrogens (tertiary/aromatic N) is 1. The summed E-state index contributed by atoms with van der Waals surface area (Å²) in [4.78, 5) is 37.1. The maximum Gasteiger partial charge on any atom is 0.418 e. The first-order valence-electron chi connectivity index (χ1n) is 11.3.